The minimum absolute atomic E-state index is 0.0522. The van der Waals surface area contributed by atoms with Crippen LogP contribution in [-0.2, 0) is 32.5 Å². The van der Waals surface area contributed by atoms with Crippen LogP contribution in [0.1, 0.15) is 53.2 Å². The van der Waals surface area contributed by atoms with E-state index in [1.165, 1.54) is 16.8 Å². The molecule has 1 saturated heterocycles. The first-order valence-electron chi connectivity index (χ1n) is 12.2. The second kappa shape index (κ2) is 15.2. The van der Waals surface area contributed by atoms with Crippen molar-refractivity contribution in [1.29, 1.82) is 0 Å². The molecule has 1 aliphatic heterocycles. The van der Waals surface area contributed by atoms with Crippen molar-refractivity contribution in [3.63, 3.8) is 0 Å². The number of phosphoric acid groups is 1. The van der Waals surface area contributed by atoms with Gasteiger partial charge in [0.05, 0.1) is 26.4 Å². The minimum Gasteiger partial charge on any atom is -0.349 e. The van der Waals surface area contributed by atoms with E-state index >= 15 is 0 Å². The smallest absolute Gasteiger partial charge is 0.349 e. The number of hydrogen-bond donors (Lipinski definition) is 1. The number of aromatic nitrogens is 2. The number of nitrogens with one attached hydrogen (secondary N) is 1. The van der Waals surface area contributed by atoms with Gasteiger partial charge in [-0.15, -0.1) is 0 Å². The number of ether oxygens (including phenoxy) is 1. The third-order valence-electron chi connectivity index (χ3n) is 5.36. The summed E-state index contributed by atoms with van der Waals surface area (Å²) >= 11 is 2.05. The SMILES string of the molecule is CCC(=O)SCCOP(=O)(OCCSC(=O)C(C)(C)C)OC[C@]1(CN=[N+]=[N-])CC[C@H](n2ccc(=O)[nH]c2=O)O1. The van der Waals surface area contributed by atoms with Crippen molar-refractivity contribution in [1.82, 2.24) is 9.55 Å². The topological polar surface area (TPSA) is 192 Å². The lowest BCUT2D eigenvalue weighted by molar-refractivity contribution is -0.117. The quantitative estimate of drug-likeness (QED) is 0.0995. The standard InChI is InChI=1S/C22H34N5O9PS2/c1-5-18(29)38-12-10-33-37(32,34-11-13-39-19(30)21(2,3)4)35-15-22(14-24-26-23)8-6-17(36-22)27-9-7-16(28)25-20(27)31/h7,9,17H,5-6,8,10-15H2,1-4H3,(H,25,28,31)/t17-,22-,37?/m1/s1. The van der Waals surface area contributed by atoms with Crippen molar-refractivity contribution < 1.29 is 32.5 Å². The first kappa shape index (κ1) is 33.3. The van der Waals surface area contributed by atoms with E-state index in [-0.39, 0.29) is 54.5 Å². The highest BCUT2D eigenvalue weighted by atomic mass is 32.2. The number of nitrogens with zero attached hydrogens (tertiary/aromatic N) is 4. The lowest BCUT2D eigenvalue weighted by Gasteiger charge is -2.29. The number of carbonyl (C=O) groups is 2. The second-order valence-electron chi connectivity index (χ2n) is 9.55. The van der Waals surface area contributed by atoms with Gasteiger partial charge in [0.15, 0.2) is 10.2 Å². The summed E-state index contributed by atoms with van der Waals surface area (Å²) in [6, 6.07) is 1.17. The summed E-state index contributed by atoms with van der Waals surface area (Å²) in [5.74, 6) is 0.422. The van der Waals surface area contributed by atoms with Crippen LogP contribution in [0, 0.1) is 5.41 Å². The summed E-state index contributed by atoms with van der Waals surface area (Å²) in [6.07, 6.45) is 1.40. The fourth-order valence-corrected chi connectivity index (χ4v) is 6.16. The highest BCUT2D eigenvalue weighted by molar-refractivity contribution is 8.13. The second-order valence-corrected chi connectivity index (χ2v) is 13.4. The van der Waals surface area contributed by atoms with E-state index in [2.05, 4.69) is 15.0 Å². The monoisotopic (exact) mass is 607 g/mol. The van der Waals surface area contributed by atoms with Crippen LogP contribution in [0.25, 0.3) is 10.4 Å². The Morgan fingerprint density at radius 3 is 2.51 bits per heavy atom. The van der Waals surface area contributed by atoms with Crippen LogP contribution in [0.2, 0.25) is 0 Å². The number of hydrogen-bond acceptors (Lipinski definition) is 12. The third-order valence-corrected chi connectivity index (χ3v) is 9.03. The summed E-state index contributed by atoms with van der Waals surface area (Å²) in [4.78, 5) is 52.3. The van der Waals surface area contributed by atoms with E-state index in [4.69, 9.17) is 23.8 Å². The molecule has 0 bridgehead atoms. The van der Waals surface area contributed by atoms with Gasteiger partial charge in [-0.2, -0.15) is 0 Å². The van der Waals surface area contributed by atoms with Crippen LogP contribution < -0.4 is 11.2 Å². The number of aromatic amines is 1. The van der Waals surface area contributed by atoms with Gasteiger partial charge >= 0.3 is 13.5 Å². The maximum atomic E-state index is 13.5. The van der Waals surface area contributed by atoms with Crippen LogP contribution in [0.3, 0.4) is 0 Å². The molecule has 1 aromatic rings. The molecule has 2 heterocycles. The molecule has 1 unspecified atom stereocenters. The van der Waals surface area contributed by atoms with Gasteiger partial charge < -0.3 is 4.74 Å². The van der Waals surface area contributed by atoms with Gasteiger partial charge in [0, 0.05) is 40.5 Å². The predicted molar refractivity (Wildman–Crippen MR) is 148 cm³/mol. The van der Waals surface area contributed by atoms with Crippen LogP contribution in [-0.4, -0.2) is 63.3 Å². The van der Waals surface area contributed by atoms with Crippen LogP contribution in [0.15, 0.2) is 27.0 Å². The largest absolute Gasteiger partial charge is 0.474 e. The van der Waals surface area contributed by atoms with Crippen molar-refractivity contribution in [2.45, 2.75) is 58.8 Å². The maximum Gasteiger partial charge on any atom is 0.474 e. The molecule has 3 atom stereocenters. The molecule has 39 heavy (non-hydrogen) atoms. The van der Waals surface area contributed by atoms with E-state index in [0.717, 1.165) is 23.5 Å². The zero-order chi connectivity index (χ0) is 29.1. The van der Waals surface area contributed by atoms with E-state index in [1.54, 1.807) is 27.7 Å². The van der Waals surface area contributed by atoms with Crippen LogP contribution in [0.5, 0.6) is 0 Å². The average molecular weight is 608 g/mol. The van der Waals surface area contributed by atoms with Crippen LogP contribution in [0.4, 0.5) is 0 Å². The molecule has 1 fully saturated rings. The highest BCUT2D eigenvalue weighted by Crippen LogP contribution is 2.51. The van der Waals surface area contributed by atoms with Gasteiger partial charge in [0.1, 0.15) is 11.8 Å². The molecule has 1 N–H and O–H groups in total. The Balaban J connectivity index is 2.12. The number of rotatable bonds is 15. The molecule has 0 radical (unpaired) electrons. The summed E-state index contributed by atoms with van der Waals surface area (Å²) in [5.41, 5.74) is 5.83. The zero-order valence-corrected chi connectivity index (χ0v) is 24.9. The fraction of sp³-hybridized carbons (Fsp3) is 0.727. The lowest BCUT2D eigenvalue weighted by atomic mass is 10.00. The summed E-state index contributed by atoms with van der Waals surface area (Å²) in [6.45, 7) is 6.29. The Kier molecular flexibility index (Phi) is 13.0. The van der Waals surface area contributed by atoms with Gasteiger partial charge in [0.25, 0.3) is 5.56 Å². The lowest BCUT2D eigenvalue weighted by Crippen LogP contribution is -2.39. The molecule has 218 valence electrons. The predicted octanol–water partition coefficient (Wildman–Crippen LogP) is 4.03. The molecule has 0 amide bonds. The Hall–Kier alpha value is -1.90. The molecule has 1 aromatic heterocycles. The number of thioether (sulfide) groups is 2. The van der Waals surface area contributed by atoms with Gasteiger partial charge in [-0.1, -0.05) is 56.3 Å². The maximum absolute atomic E-state index is 13.5. The van der Waals surface area contributed by atoms with Gasteiger partial charge in [0.2, 0.25) is 0 Å². The Morgan fingerprint density at radius 2 is 1.92 bits per heavy atom. The molecule has 0 saturated carbocycles. The summed E-state index contributed by atoms with van der Waals surface area (Å²) < 4.78 is 37.2. The van der Waals surface area contributed by atoms with Crippen molar-refractivity contribution in [3.8, 4) is 0 Å². The summed E-state index contributed by atoms with van der Waals surface area (Å²) in [7, 11) is -4.20. The van der Waals surface area contributed by atoms with E-state index in [9.17, 15) is 23.7 Å². The fourth-order valence-electron chi connectivity index (χ4n) is 3.29. The molecule has 14 nitrogen and oxygen atoms in total. The zero-order valence-electron chi connectivity index (χ0n) is 22.3. The highest BCUT2D eigenvalue weighted by Gasteiger charge is 2.44. The third kappa shape index (κ3) is 10.9. The first-order chi connectivity index (χ1) is 18.3. The van der Waals surface area contributed by atoms with Crippen molar-refractivity contribution in [3.05, 3.63) is 43.5 Å². The molecule has 2 rings (SSSR count). The molecular formula is C22H34N5O9PS2. The molecular weight excluding hydrogens is 573 g/mol. The van der Waals surface area contributed by atoms with Gasteiger partial charge in [-0.25, -0.2) is 9.36 Å². The number of carbonyl (C=O) groups excluding carboxylic acids is 2. The molecule has 1 aliphatic rings. The molecule has 0 aliphatic carbocycles. The van der Waals surface area contributed by atoms with Crippen LogP contribution >= 0.6 is 31.3 Å². The molecule has 0 aromatic carbocycles. The minimum atomic E-state index is -4.20. The Morgan fingerprint density at radius 1 is 1.26 bits per heavy atom. The molecule has 0 spiro atoms. The van der Waals surface area contributed by atoms with Gasteiger partial charge in [-0.05, 0) is 18.4 Å². The van der Waals surface area contributed by atoms with E-state index in [1.807, 2.05) is 0 Å². The Labute approximate surface area is 234 Å². The molecule has 17 heteroatoms. The summed E-state index contributed by atoms with van der Waals surface area (Å²) in [5, 5.41) is 3.48. The number of phosphoric ester groups is 1. The normalized spacial score (nSPS) is 20.8. The first-order valence-corrected chi connectivity index (χ1v) is 15.6. The van der Waals surface area contributed by atoms with Crippen molar-refractivity contribution >= 4 is 41.6 Å². The van der Waals surface area contributed by atoms with Crippen molar-refractivity contribution in [2.24, 2.45) is 10.5 Å². The Bertz CT molecular complexity index is 1210. The number of H-pyrrole nitrogens is 1. The van der Waals surface area contributed by atoms with Gasteiger partial charge in [-0.3, -0.25) is 37.5 Å². The van der Waals surface area contributed by atoms with E-state index in [0.29, 0.717) is 12.8 Å². The number of azide groups is 1. The van der Waals surface area contributed by atoms with Crippen molar-refractivity contribution in [2.75, 3.05) is 37.9 Å². The average Bonchev–Trinajstić information content (AvgIpc) is 3.30. The van der Waals surface area contributed by atoms with E-state index < -0.39 is 36.3 Å².